The van der Waals surface area contributed by atoms with Crippen LogP contribution in [0.2, 0.25) is 0 Å². The molecule has 156 valence electrons. The minimum absolute atomic E-state index is 0.102. The van der Waals surface area contributed by atoms with Crippen molar-refractivity contribution >= 4 is 23.9 Å². The highest BCUT2D eigenvalue weighted by atomic mass is 32.2. The molecule has 1 aromatic carbocycles. The SMILES string of the molecule is CCn1c(SCC(=O)N/N=C\c2cccnc2)nnc1-c1ccc(C(C)(C)C)cc1. The van der Waals surface area contributed by atoms with Crippen LogP contribution in [0.1, 0.15) is 38.8 Å². The third-order valence-corrected chi connectivity index (χ3v) is 5.43. The summed E-state index contributed by atoms with van der Waals surface area (Å²) in [5.41, 5.74) is 5.72. The van der Waals surface area contributed by atoms with E-state index in [4.69, 9.17) is 0 Å². The van der Waals surface area contributed by atoms with E-state index in [1.165, 1.54) is 17.3 Å². The molecule has 3 aromatic rings. The van der Waals surface area contributed by atoms with Gasteiger partial charge < -0.3 is 4.57 Å². The molecule has 0 unspecified atom stereocenters. The quantitative estimate of drug-likeness (QED) is 0.355. The zero-order valence-electron chi connectivity index (χ0n) is 17.7. The molecule has 0 saturated heterocycles. The van der Waals surface area contributed by atoms with E-state index in [0.29, 0.717) is 11.7 Å². The summed E-state index contributed by atoms with van der Waals surface area (Å²) in [7, 11) is 0. The number of hydrogen-bond donors (Lipinski definition) is 1. The number of carbonyl (C=O) groups excluding carboxylic acids is 1. The molecule has 0 fully saturated rings. The van der Waals surface area contributed by atoms with Crippen LogP contribution in [-0.2, 0) is 16.8 Å². The molecule has 1 N–H and O–H groups in total. The first-order chi connectivity index (χ1) is 14.4. The van der Waals surface area contributed by atoms with Crippen molar-refractivity contribution in [3.63, 3.8) is 0 Å². The maximum absolute atomic E-state index is 12.1. The number of nitrogens with zero attached hydrogens (tertiary/aromatic N) is 5. The predicted molar refractivity (Wildman–Crippen MR) is 121 cm³/mol. The lowest BCUT2D eigenvalue weighted by molar-refractivity contribution is -0.118. The van der Waals surface area contributed by atoms with E-state index in [1.54, 1.807) is 18.6 Å². The lowest BCUT2D eigenvalue weighted by Gasteiger charge is -2.19. The summed E-state index contributed by atoms with van der Waals surface area (Å²) in [6.45, 7) is 9.33. The molecule has 7 nitrogen and oxygen atoms in total. The van der Waals surface area contributed by atoms with Crippen LogP contribution >= 0.6 is 11.8 Å². The van der Waals surface area contributed by atoms with Crippen molar-refractivity contribution < 1.29 is 4.79 Å². The Morgan fingerprint density at radius 3 is 2.60 bits per heavy atom. The minimum Gasteiger partial charge on any atom is -0.302 e. The Morgan fingerprint density at radius 2 is 1.97 bits per heavy atom. The number of nitrogens with one attached hydrogen (secondary N) is 1. The number of carbonyl (C=O) groups is 1. The van der Waals surface area contributed by atoms with E-state index in [2.05, 4.69) is 70.7 Å². The van der Waals surface area contributed by atoms with Crippen LogP contribution in [0.15, 0.2) is 59.0 Å². The van der Waals surface area contributed by atoms with Crippen LogP contribution in [0.3, 0.4) is 0 Å². The molecule has 2 heterocycles. The van der Waals surface area contributed by atoms with Gasteiger partial charge in [-0.2, -0.15) is 5.10 Å². The number of hydrogen-bond acceptors (Lipinski definition) is 6. The lowest BCUT2D eigenvalue weighted by atomic mass is 9.87. The van der Waals surface area contributed by atoms with Crippen LogP contribution in [0.4, 0.5) is 0 Å². The Balaban J connectivity index is 1.63. The van der Waals surface area contributed by atoms with Crippen LogP contribution < -0.4 is 5.43 Å². The third kappa shape index (κ3) is 5.54. The molecule has 8 heteroatoms. The second-order valence-electron chi connectivity index (χ2n) is 7.75. The fraction of sp³-hybridized carbons (Fsp3) is 0.318. The average Bonchev–Trinajstić information content (AvgIpc) is 3.15. The van der Waals surface area contributed by atoms with Crippen LogP contribution in [0, 0.1) is 0 Å². The monoisotopic (exact) mass is 422 g/mol. The van der Waals surface area contributed by atoms with Crippen LogP contribution in [-0.4, -0.2) is 37.6 Å². The Hall–Kier alpha value is -3.00. The number of pyridine rings is 1. The van der Waals surface area contributed by atoms with Gasteiger partial charge in [-0.1, -0.05) is 62.9 Å². The predicted octanol–water partition coefficient (Wildman–Crippen LogP) is 3.90. The Kier molecular flexibility index (Phi) is 6.99. The molecular formula is C22H26N6OS. The second kappa shape index (κ2) is 9.67. The van der Waals surface area contributed by atoms with Crippen molar-refractivity contribution in [2.75, 3.05) is 5.75 Å². The molecule has 0 bridgehead atoms. The van der Waals surface area contributed by atoms with Crippen molar-refractivity contribution in [2.45, 2.75) is 44.8 Å². The first-order valence-electron chi connectivity index (χ1n) is 9.77. The first-order valence-corrected chi connectivity index (χ1v) is 10.8. The smallest absolute Gasteiger partial charge is 0.250 e. The van der Waals surface area contributed by atoms with Gasteiger partial charge in [-0.3, -0.25) is 9.78 Å². The summed E-state index contributed by atoms with van der Waals surface area (Å²) < 4.78 is 2.02. The van der Waals surface area contributed by atoms with Gasteiger partial charge in [0.15, 0.2) is 11.0 Å². The highest BCUT2D eigenvalue weighted by molar-refractivity contribution is 7.99. The molecule has 0 atom stereocenters. The zero-order chi connectivity index (χ0) is 21.6. The summed E-state index contributed by atoms with van der Waals surface area (Å²) >= 11 is 1.34. The topological polar surface area (TPSA) is 85.1 Å². The molecule has 0 aliphatic heterocycles. The number of benzene rings is 1. The van der Waals surface area contributed by atoms with Gasteiger partial charge in [0.2, 0.25) is 0 Å². The van der Waals surface area contributed by atoms with E-state index in [9.17, 15) is 4.79 Å². The molecule has 0 aliphatic rings. The van der Waals surface area contributed by atoms with Crippen molar-refractivity contribution in [3.8, 4) is 11.4 Å². The van der Waals surface area contributed by atoms with E-state index >= 15 is 0 Å². The molecule has 0 spiro atoms. The van der Waals surface area contributed by atoms with Gasteiger partial charge in [0.25, 0.3) is 5.91 Å². The van der Waals surface area contributed by atoms with Gasteiger partial charge in [0, 0.05) is 30.1 Å². The maximum atomic E-state index is 12.1. The van der Waals surface area contributed by atoms with Crippen molar-refractivity contribution in [1.82, 2.24) is 25.2 Å². The number of hydrazone groups is 1. The van der Waals surface area contributed by atoms with Gasteiger partial charge in [-0.25, -0.2) is 5.43 Å². The number of thioether (sulfide) groups is 1. The molecular weight excluding hydrogens is 396 g/mol. The fourth-order valence-electron chi connectivity index (χ4n) is 2.81. The molecule has 1 amide bonds. The van der Waals surface area contributed by atoms with E-state index in [-0.39, 0.29) is 17.1 Å². The second-order valence-corrected chi connectivity index (χ2v) is 8.69. The Labute approximate surface area is 181 Å². The van der Waals surface area contributed by atoms with Crippen molar-refractivity contribution in [3.05, 3.63) is 59.9 Å². The van der Waals surface area contributed by atoms with E-state index < -0.39 is 0 Å². The number of aromatic nitrogens is 4. The maximum Gasteiger partial charge on any atom is 0.250 e. The summed E-state index contributed by atoms with van der Waals surface area (Å²) in [5, 5.41) is 13.3. The molecule has 2 aromatic heterocycles. The van der Waals surface area contributed by atoms with E-state index in [1.807, 2.05) is 23.6 Å². The van der Waals surface area contributed by atoms with Crippen molar-refractivity contribution in [2.24, 2.45) is 5.10 Å². The molecule has 3 rings (SSSR count). The minimum atomic E-state index is -0.207. The molecule has 0 saturated carbocycles. The van der Waals surface area contributed by atoms with Gasteiger partial charge in [-0.05, 0) is 24.0 Å². The lowest BCUT2D eigenvalue weighted by Crippen LogP contribution is -2.20. The van der Waals surface area contributed by atoms with Gasteiger partial charge >= 0.3 is 0 Å². The van der Waals surface area contributed by atoms with E-state index in [0.717, 1.165) is 17.0 Å². The first kappa shape index (κ1) is 21.7. The molecule has 30 heavy (non-hydrogen) atoms. The zero-order valence-corrected chi connectivity index (χ0v) is 18.5. The van der Waals surface area contributed by atoms with Crippen molar-refractivity contribution in [1.29, 1.82) is 0 Å². The molecule has 0 radical (unpaired) electrons. The van der Waals surface area contributed by atoms with Gasteiger partial charge in [0.1, 0.15) is 0 Å². The number of amides is 1. The van der Waals surface area contributed by atoms with Gasteiger partial charge in [-0.15, -0.1) is 10.2 Å². The summed E-state index contributed by atoms with van der Waals surface area (Å²) in [6, 6.07) is 12.1. The molecule has 0 aliphatic carbocycles. The highest BCUT2D eigenvalue weighted by Crippen LogP contribution is 2.27. The average molecular weight is 423 g/mol. The fourth-order valence-corrected chi connectivity index (χ4v) is 3.60. The standard InChI is InChI=1S/C22H26N6OS/c1-5-28-20(17-8-10-18(11-9-17)22(2,3)4)26-27-21(28)30-15-19(29)25-24-14-16-7-6-12-23-13-16/h6-14H,5,15H2,1-4H3,(H,25,29)/b24-14-. The summed E-state index contributed by atoms with van der Waals surface area (Å²) in [5.74, 6) is 0.795. The Bertz CT molecular complexity index is 1010. The summed E-state index contributed by atoms with van der Waals surface area (Å²) in [6.07, 6.45) is 4.91. The summed E-state index contributed by atoms with van der Waals surface area (Å²) in [4.78, 5) is 16.1. The number of rotatable bonds is 7. The van der Waals surface area contributed by atoms with Gasteiger partial charge in [0.05, 0.1) is 12.0 Å². The normalized spacial score (nSPS) is 11.7. The third-order valence-electron chi connectivity index (χ3n) is 4.46. The van der Waals surface area contributed by atoms with Crippen LogP contribution in [0.25, 0.3) is 11.4 Å². The Morgan fingerprint density at radius 1 is 1.20 bits per heavy atom. The highest BCUT2D eigenvalue weighted by Gasteiger charge is 2.17. The van der Waals surface area contributed by atoms with Crippen LogP contribution in [0.5, 0.6) is 0 Å². The largest absolute Gasteiger partial charge is 0.302 e.